The number of carbonyl (C=O) groups excluding carboxylic acids is 1. The lowest BCUT2D eigenvalue weighted by Gasteiger charge is -2.32. The molecule has 0 fully saturated rings. The van der Waals surface area contributed by atoms with Gasteiger partial charge in [0.2, 0.25) is 0 Å². The maximum Gasteiger partial charge on any atom is 0.306 e. The third-order valence-corrected chi connectivity index (χ3v) is 3.91. The van der Waals surface area contributed by atoms with Crippen LogP contribution in [-0.2, 0) is 9.53 Å². The Morgan fingerprint density at radius 3 is 2.39 bits per heavy atom. The van der Waals surface area contributed by atoms with Crippen LogP contribution in [0.3, 0.4) is 0 Å². The van der Waals surface area contributed by atoms with E-state index < -0.39 is 11.5 Å². The zero-order chi connectivity index (χ0) is 20.7. The third kappa shape index (κ3) is 6.80. The summed E-state index contributed by atoms with van der Waals surface area (Å²) in [6, 6.07) is 9.45. The molecule has 1 aromatic heterocycles. The van der Waals surface area contributed by atoms with E-state index in [2.05, 4.69) is 4.98 Å². The largest absolute Gasteiger partial charge is 0.458 e. The van der Waals surface area contributed by atoms with Crippen LogP contribution in [0.5, 0.6) is 5.75 Å². The Bertz CT molecular complexity index is 793. The molecule has 0 saturated carbocycles. The second-order valence-corrected chi connectivity index (χ2v) is 8.22. The predicted molar refractivity (Wildman–Crippen MR) is 108 cm³/mol. The van der Waals surface area contributed by atoms with Gasteiger partial charge in [0.25, 0.3) is 0 Å². The SMILES string of the molecule is CC(C)CC(=O)OC(C(=Cc1cccnc1)Oc1ccc(F)cc1)C(C)(C)C. The Hall–Kier alpha value is -2.69. The molecule has 0 amide bonds. The minimum Gasteiger partial charge on any atom is -0.458 e. The molecule has 0 spiro atoms. The number of rotatable bonds is 7. The minimum absolute atomic E-state index is 0.192. The molecule has 1 atom stereocenters. The smallest absolute Gasteiger partial charge is 0.306 e. The lowest BCUT2D eigenvalue weighted by Crippen LogP contribution is -2.35. The average Bonchev–Trinajstić information content (AvgIpc) is 2.60. The normalized spacial score (nSPS) is 13.3. The first kappa shape index (κ1) is 21.6. The second kappa shape index (κ2) is 9.49. The summed E-state index contributed by atoms with van der Waals surface area (Å²) >= 11 is 0. The highest BCUT2D eigenvalue weighted by atomic mass is 19.1. The van der Waals surface area contributed by atoms with Crippen LogP contribution < -0.4 is 4.74 Å². The summed E-state index contributed by atoms with van der Waals surface area (Å²) in [6.07, 6.45) is 4.88. The first-order valence-corrected chi connectivity index (χ1v) is 9.39. The molecule has 0 aliphatic rings. The van der Waals surface area contributed by atoms with Gasteiger partial charge < -0.3 is 9.47 Å². The van der Waals surface area contributed by atoms with Crippen LogP contribution in [-0.4, -0.2) is 17.1 Å². The number of ether oxygens (including phenoxy) is 2. The van der Waals surface area contributed by atoms with Gasteiger partial charge >= 0.3 is 5.97 Å². The standard InChI is InChI=1S/C23H28FNO3/c1-16(2)13-21(26)28-22(23(3,4)5)20(14-17-7-6-12-25-15-17)27-19-10-8-18(24)9-11-19/h6-12,14-16,22H,13H2,1-5H3. The molecule has 5 heteroatoms. The van der Waals surface area contributed by atoms with Gasteiger partial charge in [-0.25, -0.2) is 4.39 Å². The molecular formula is C23H28FNO3. The molecule has 0 aliphatic heterocycles. The third-order valence-electron chi connectivity index (χ3n) is 3.91. The number of benzene rings is 1. The summed E-state index contributed by atoms with van der Waals surface area (Å²) < 4.78 is 25.2. The van der Waals surface area contributed by atoms with Crippen LogP contribution in [0.2, 0.25) is 0 Å². The van der Waals surface area contributed by atoms with Crippen molar-refractivity contribution in [3.8, 4) is 5.75 Å². The van der Waals surface area contributed by atoms with E-state index in [1.54, 1.807) is 30.6 Å². The molecule has 0 radical (unpaired) electrons. The molecule has 150 valence electrons. The fourth-order valence-corrected chi connectivity index (χ4v) is 2.60. The number of pyridine rings is 1. The van der Waals surface area contributed by atoms with E-state index in [-0.39, 0.29) is 17.7 Å². The molecule has 0 N–H and O–H groups in total. The van der Waals surface area contributed by atoms with Gasteiger partial charge in [-0.05, 0) is 47.9 Å². The topological polar surface area (TPSA) is 48.4 Å². The van der Waals surface area contributed by atoms with Crippen molar-refractivity contribution in [2.75, 3.05) is 0 Å². The minimum atomic E-state index is -0.621. The molecule has 1 aromatic carbocycles. The zero-order valence-corrected chi connectivity index (χ0v) is 17.1. The number of halogens is 1. The summed E-state index contributed by atoms with van der Waals surface area (Å²) in [5.41, 5.74) is 0.398. The number of hydrogen-bond acceptors (Lipinski definition) is 4. The lowest BCUT2D eigenvalue weighted by molar-refractivity contribution is -0.154. The van der Waals surface area contributed by atoms with E-state index in [0.29, 0.717) is 17.9 Å². The van der Waals surface area contributed by atoms with E-state index in [1.165, 1.54) is 12.1 Å². The molecule has 1 heterocycles. The molecule has 2 rings (SSSR count). The van der Waals surface area contributed by atoms with Gasteiger partial charge in [0.15, 0.2) is 6.10 Å². The molecule has 0 saturated heterocycles. The summed E-state index contributed by atoms with van der Waals surface area (Å²) in [6.45, 7) is 9.87. The van der Waals surface area contributed by atoms with Gasteiger partial charge in [-0.15, -0.1) is 0 Å². The van der Waals surface area contributed by atoms with Crippen molar-refractivity contribution in [3.63, 3.8) is 0 Å². The summed E-state index contributed by atoms with van der Waals surface area (Å²) in [4.78, 5) is 16.5. The first-order valence-electron chi connectivity index (χ1n) is 9.39. The van der Waals surface area contributed by atoms with Crippen LogP contribution >= 0.6 is 0 Å². The quantitative estimate of drug-likeness (QED) is 0.457. The lowest BCUT2D eigenvalue weighted by atomic mass is 9.87. The Morgan fingerprint density at radius 2 is 1.86 bits per heavy atom. The number of carbonyl (C=O) groups is 1. The fraction of sp³-hybridized carbons (Fsp3) is 0.391. The van der Waals surface area contributed by atoms with Crippen molar-refractivity contribution in [1.29, 1.82) is 0 Å². The summed E-state index contributed by atoms with van der Waals surface area (Å²) in [7, 11) is 0. The zero-order valence-electron chi connectivity index (χ0n) is 17.1. The predicted octanol–water partition coefficient (Wildman–Crippen LogP) is 5.64. The van der Waals surface area contributed by atoms with E-state index in [0.717, 1.165) is 5.56 Å². The highest BCUT2D eigenvalue weighted by Crippen LogP contribution is 2.32. The highest BCUT2D eigenvalue weighted by Gasteiger charge is 2.34. The summed E-state index contributed by atoms with van der Waals surface area (Å²) in [5, 5.41) is 0. The number of esters is 1. The van der Waals surface area contributed by atoms with Crippen LogP contribution in [0.4, 0.5) is 4.39 Å². The van der Waals surface area contributed by atoms with Gasteiger partial charge in [-0.1, -0.05) is 40.7 Å². The first-order chi connectivity index (χ1) is 13.1. The van der Waals surface area contributed by atoms with E-state index in [4.69, 9.17) is 9.47 Å². The van der Waals surface area contributed by atoms with Crippen LogP contribution in [0.15, 0.2) is 54.6 Å². The van der Waals surface area contributed by atoms with E-state index >= 15 is 0 Å². The average molecular weight is 385 g/mol. The second-order valence-electron chi connectivity index (χ2n) is 8.22. The Kier molecular flexibility index (Phi) is 7.32. The van der Waals surface area contributed by atoms with Gasteiger partial charge in [-0.2, -0.15) is 0 Å². The van der Waals surface area contributed by atoms with E-state index in [1.807, 2.05) is 46.8 Å². The van der Waals surface area contributed by atoms with E-state index in [9.17, 15) is 9.18 Å². The van der Waals surface area contributed by atoms with Gasteiger partial charge in [0.1, 0.15) is 17.3 Å². The van der Waals surface area contributed by atoms with Crippen molar-refractivity contribution in [3.05, 3.63) is 65.9 Å². The van der Waals surface area contributed by atoms with Crippen molar-refractivity contribution >= 4 is 12.0 Å². The molecular weight excluding hydrogens is 357 g/mol. The van der Waals surface area contributed by atoms with Crippen molar-refractivity contribution in [1.82, 2.24) is 4.98 Å². The van der Waals surface area contributed by atoms with Crippen molar-refractivity contribution in [2.24, 2.45) is 11.3 Å². The van der Waals surface area contributed by atoms with Crippen molar-refractivity contribution in [2.45, 2.75) is 47.1 Å². The number of nitrogens with zero attached hydrogens (tertiary/aromatic N) is 1. The van der Waals surface area contributed by atoms with Crippen LogP contribution in [0, 0.1) is 17.2 Å². The highest BCUT2D eigenvalue weighted by molar-refractivity contribution is 5.70. The van der Waals surface area contributed by atoms with Gasteiger partial charge in [0, 0.05) is 24.2 Å². The molecule has 0 aliphatic carbocycles. The molecule has 1 unspecified atom stereocenters. The molecule has 28 heavy (non-hydrogen) atoms. The maximum atomic E-state index is 13.3. The molecule has 4 nitrogen and oxygen atoms in total. The maximum absolute atomic E-state index is 13.3. The molecule has 0 bridgehead atoms. The summed E-state index contributed by atoms with van der Waals surface area (Å²) in [5.74, 6) is 0.488. The number of hydrogen-bond donors (Lipinski definition) is 0. The van der Waals surface area contributed by atoms with Crippen LogP contribution in [0.25, 0.3) is 6.08 Å². The Balaban J connectivity index is 2.41. The van der Waals surface area contributed by atoms with Gasteiger partial charge in [-0.3, -0.25) is 9.78 Å². The fourth-order valence-electron chi connectivity index (χ4n) is 2.60. The molecule has 2 aromatic rings. The van der Waals surface area contributed by atoms with Gasteiger partial charge in [0.05, 0.1) is 0 Å². The van der Waals surface area contributed by atoms with Crippen LogP contribution in [0.1, 0.15) is 46.6 Å². The number of aromatic nitrogens is 1. The van der Waals surface area contributed by atoms with Crippen molar-refractivity contribution < 1.29 is 18.7 Å². The Labute approximate surface area is 166 Å². The monoisotopic (exact) mass is 385 g/mol. The Morgan fingerprint density at radius 1 is 1.18 bits per heavy atom.